The van der Waals surface area contributed by atoms with Crippen LogP contribution in [0.2, 0.25) is 0 Å². The Morgan fingerprint density at radius 2 is 1.79 bits per heavy atom. The zero-order valence-corrected chi connectivity index (χ0v) is 15.4. The number of hydrogen-bond acceptors (Lipinski definition) is 7. The fourth-order valence-electron chi connectivity index (χ4n) is 3.72. The summed E-state index contributed by atoms with van der Waals surface area (Å²) in [5.74, 6) is 2.12. The van der Waals surface area contributed by atoms with Gasteiger partial charge in [-0.15, -0.1) is 0 Å². The van der Waals surface area contributed by atoms with E-state index in [1.54, 1.807) is 18.6 Å². The molecule has 1 aliphatic carbocycles. The fraction of sp³-hybridized carbons (Fsp3) is 0.250. The maximum Gasteiger partial charge on any atom is 0.293 e. The Balaban J connectivity index is 1.48. The van der Waals surface area contributed by atoms with Crippen molar-refractivity contribution in [3.8, 4) is 22.8 Å². The molecule has 1 aliphatic rings. The third-order valence-corrected chi connectivity index (χ3v) is 5.52. The van der Waals surface area contributed by atoms with Gasteiger partial charge in [-0.25, -0.2) is 15.0 Å². The lowest BCUT2D eigenvalue weighted by Gasteiger charge is -2.39. The number of imidazole rings is 1. The van der Waals surface area contributed by atoms with E-state index in [2.05, 4.69) is 49.4 Å². The number of aryl methyl sites for hydroxylation is 1. The largest absolute Gasteiger partial charge is 0.368 e. The Kier molecular flexibility index (Phi) is 3.71. The van der Waals surface area contributed by atoms with Crippen LogP contribution < -0.4 is 5.73 Å². The summed E-state index contributed by atoms with van der Waals surface area (Å²) in [6, 6.07) is 8.40. The highest BCUT2D eigenvalue weighted by Gasteiger charge is 2.44. The third kappa shape index (κ3) is 2.57. The molecule has 2 N–H and O–H groups in total. The summed E-state index contributed by atoms with van der Waals surface area (Å²) in [5.41, 5.74) is 8.52. The Morgan fingerprint density at radius 3 is 2.39 bits per heavy atom. The molecule has 1 fully saturated rings. The number of nitrogens with zero attached hydrogens (tertiary/aromatic N) is 6. The maximum absolute atomic E-state index is 5.57. The summed E-state index contributed by atoms with van der Waals surface area (Å²) in [5, 5.41) is 4.30. The van der Waals surface area contributed by atoms with Gasteiger partial charge in [0.25, 0.3) is 5.89 Å². The lowest BCUT2D eigenvalue weighted by molar-refractivity contribution is 0.273. The van der Waals surface area contributed by atoms with E-state index in [1.165, 1.54) is 5.56 Å². The molecule has 140 valence electrons. The first kappa shape index (κ1) is 16.6. The molecule has 0 unspecified atom stereocenters. The lowest BCUT2D eigenvalue weighted by atomic mass is 9.64. The van der Waals surface area contributed by atoms with Gasteiger partial charge in [-0.05, 0) is 24.0 Å². The highest BCUT2D eigenvalue weighted by Crippen LogP contribution is 2.48. The number of rotatable bonds is 4. The second-order valence-electron chi connectivity index (χ2n) is 7.13. The van der Waals surface area contributed by atoms with Gasteiger partial charge in [-0.2, -0.15) is 4.98 Å². The first-order valence-electron chi connectivity index (χ1n) is 9.16. The van der Waals surface area contributed by atoms with Crippen LogP contribution in [0.5, 0.6) is 0 Å². The van der Waals surface area contributed by atoms with Crippen LogP contribution in [0.4, 0.5) is 5.95 Å². The zero-order chi connectivity index (χ0) is 19.1. The predicted molar refractivity (Wildman–Crippen MR) is 103 cm³/mol. The van der Waals surface area contributed by atoms with Crippen LogP contribution in [0.3, 0.4) is 0 Å². The van der Waals surface area contributed by atoms with Crippen LogP contribution in [0.25, 0.3) is 22.8 Å². The summed E-state index contributed by atoms with van der Waals surface area (Å²) in [7, 11) is 1.91. The number of nitrogens with two attached hydrogens (primary N) is 1. The van der Waals surface area contributed by atoms with E-state index >= 15 is 0 Å². The van der Waals surface area contributed by atoms with Gasteiger partial charge in [0, 0.05) is 37.4 Å². The average molecular weight is 373 g/mol. The van der Waals surface area contributed by atoms with Crippen molar-refractivity contribution in [1.29, 1.82) is 0 Å². The van der Waals surface area contributed by atoms with Gasteiger partial charge in [0.1, 0.15) is 0 Å². The summed E-state index contributed by atoms with van der Waals surface area (Å²) >= 11 is 0. The van der Waals surface area contributed by atoms with Crippen LogP contribution in [0.1, 0.15) is 30.7 Å². The predicted octanol–water partition coefficient (Wildman–Crippen LogP) is 2.98. The van der Waals surface area contributed by atoms with Crippen molar-refractivity contribution < 1.29 is 4.52 Å². The Morgan fingerprint density at radius 1 is 1.04 bits per heavy atom. The van der Waals surface area contributed by atoms with E-state index in [1.807, 2.05) is 17.8 Å². The third-order valence-electron chi connectivity index (χ3n) is 5.52. The quantitative estimate of drug-likeness (QED) is 0.586. The molecule has 0 radical (unpaired) electrons. The van der Waals surface area contributed by atoms with Gasteiger partial charge in [0.2, 0.25) is 5.95 Å². The van der Waals surface area contributed by atoms with E-state index < -0.39 is 0 Å². The van der Waals surface area contributed by atoms with E-state index in [9.17, 15) is 0 Å². The second kappa shape index (κ2) is 6.26. The smallest absolute Gasteiger partial charge is 0.293 e. The number of hydrogen-bond donors (Lipinski definition) is 1. The van der Waals surface area contributed by atoms with Crippen LogP contribution in [-0.2, 0) is 12.5 Å². The van der Waals surface area contributed by atoms with Crippen molar-refractivity contribution in [1.82, 2.24) is 29.7 Å². The van der Waals surface area contributed by atoms with Gasteiger partial charge >= 0.3 is 0 Å². The highest BCUT2D eigenvalue weighted by atomic mass is 16.5. The minimum atomic E-state index is -0.205. The number of nitrogen functional groups attached to an aromatic ring is 1. The van der Waals surface area contributed by atoms with Crippen LogP contribution >= 0.6 is 0 Å². The molecule has 3 aromatic heterocycles. The minimum Gasteiger partial charge on any atom is -0.368 e. The Bertz CT molecular complexity index is 1110. The highest BCUT2D eigenvalue weighted by molar-refractivity contribution is 5.62. The molecule has 0 amide bonds. The Labute approximate surface area is 161 Å². The van der Waals surface area contributed by atoms with Crippen molar-refractivity contribution in [2.45, 2.75) is 24.7 Å². The molecular formula is C20H19N7O. The summed E-state index contributed by atoms with van der Waals surface area (Å²) < 4.78 is 7.39. The van der Waals surface area contributed by atoms with E-state index in [0.29, 0.717) is 11.7 Å². The molecule has 3 heterocycles. The van der Waals surface area contributed by atoms with Gasteiger partial charge in [-0.1, -0.05) is 35.8 Å². The molecule has 0 bridgehead atoms. The topological polar surface area (TPSA) is 109 Å². The van der Waals surface area contributed by atoms with Crippen LogP contribution in [0, 0.1) is 0 Å². The normalized spacial score (nSPS) is 15.3. The van der Waals surface area contributed by atoms with Crippen LogP contribution in [0.15, 0.2) is 53.6 Å². The first-order valence-corrected chi connectivity index (χ1v) is 9.16. The standard InChI is InChI=1S/C20H19N7O/c1-27-10-9-22-16(27)17-25-18(26-28-17)20(7-2-8-20)15-5-3-13(4-6-15)14-11-23-19(21)24-12-14/h3-6,9-12H,2,7-8H2,1H3,(H2,21,23,24). The number of aromatic nitrogens is 6. The number of benzene rings is 1. The monoisotopic (exact) mass is 373 g/mol. The van der Waals surface area contributed by atoms with Crippen molar-refractivity contribution in [2.75, 3.05) is 5.73 Å². The minimum absolute atomic E-state index is 0.205. The van der Waals surface area contributed by atoms with Gasteiger partial charge < -0.3 is 14.8 Å². The van der Waals surface area contributed by atoms with Crippen molar-refractivity contribution >= 4 is 5.95 Å². The molecule has 4 aromatic rings. The molecule has 1 aromatic carbocycles. The lowest BCUT2D eigenvalue weighted by Crippen LogP contribution is -2.36. The summed E-state index contributed by atoms with van der Waals surface area (Å²) in [4.78, 5) is 17.1. The Hall–Kier alpha value is -3.55. The van der Waals surface area contributed by atoms with E-state index in [0.717, 1.165) is 36.2 Å². The molecule has 0 spiro atoms. The van der Waals surface area contributed by atoms with Gasteiger partial charge in [0.15, 0.2) is 11.6 Å². The average Bonchev–Trinajstić information content (AvgIpc) is 3.31. The molecule has 8 heteroatoms. The molecule has 28 heavy (non-hydrogen) atoms. The zero-order valence-electron chi connectivity index (χ0n) is 15.4. The summed E-state index contributed by atoms with van der Waals surface area (Å²) in [6.07, 6.45) is 10.2. The molecule has 0 atom stereocenters. The molecule has 0 aliphatic heterocycles. The number of anilines is 1. The van der Waals surface area contributed by atoms with Gasteiger partial charge in [-0.3, -0.25) is 0 Å². The first-order chi connectivity index (χ1) is 13.7. The molecule has 8 nitrogen and oxygen atoms in total. The van der Waals surface area contributed by atoms with E-state index in [4.69, 9.17) is 10.3 Å². The maximum atomic E-state index is 5.57. The second-order valence-corrected chi connectivity index (χ2v) is 7.13. The SMILES string of the molecule is Cn1ccnc1-c1nc(C2(c3ccc(-c4cnc(N)nc4)cc3)CCC2)no1. The van der Waals surface area contributed by atoms with Crippen molar-refractivity contribution in [2.24, 2.45) is 7.05 Å². The molecule has 0 saturated heterocycles. The van der Waals surface area contributed by atoms with Crippen LogP contribution in [-0.4, -0.2) is 29.7 Å². The molecular weight excluding hydrogens is 354 g/mol. The van der Waals surface area contributed by atoms with E-state index in [-0.39, 0.29) is 11.4 Å². The molecule has 5 rings (SSSR count). The van der Waals surface area contributed by atoms with Gasteiger partial charge in [0.05, 0.1) is 5.41 Å². The van der Waals surface area contributed by atoms with Crippen molar-refractivity contribution in [3.05, 3.63) is 60.4 Å². The summed E-state index contributed by atoms with van der Waals surface area (Å²) in [6.45, 7) is 0. The molecule has 1 saturated carbocycles. The fourth-order valence-corrected chi connectivity index (χ4v) is 3.72. The van der Waals surface area contributed by atoms with Crippen molar-refractivity contribution in [3.63, 3.8) is 0 Å².